The van der Waals surface area contributed by atoms with Crippen LogP contribution in [-0.4, -0.2) is 32.7 Å². The lowest BCUT2D eigenvalue weighted by molar-refractivity contribution is -0.118. The van der Waals surface area contributed by atoms with Crippen LogP contribution in [0.1, 0.15) is 36.4 Å². The lowest BCUT2D eigenvalue weighted by Gasteiger charge is -2.28. The van der Waals surface area contributed by atoms with Crippen LogP contribution in [0.15, 0.2) is 18.2 Å². The van der Waals surface area contributed by atoms with Gasteiger partial charge >= 0.3 is 0 Å². The van der Waals surface area contributed by atoms with Gasteiger partial charge in [-0.1, -0.05) is 12.1 Å². The summed E-state index contributed by atoms with van der Waals surface area (Å²) in [6.45, 7) is 0.866. The summed E-state index contributed by atoms with van der Waals surface area (Å²) < 4.78 is 5.82. The van der Waals surface area contributed by atoms with Crippen molar-refractivity contribution in [2.45, 2.75) is 37.8 Å². The third-order valence-electron chi connectivity index (χ3n) is 4.45. The molecule has 20 heavy (non-hydrogen) atoms. The van der Waals surface area contributed by atoms with Gasteiger partial charge in [0.1, 0.15) is 0 Å². The topological polar surface area (TPSA) is 41.6 Å². The number of benzene rings is 1. The van der Waals surface area contributed by atoms with Crippen LogP contribution in [0.5, 0.6) is 0 Å². The number of nitrogens with one attached hydrogen (secondary N) is 1. The predicted octanol–water partition coefficient (Wildman–Crippen LogP) is 2.04. The first kappa shape index (κ1) is 13.6. The normalized spacial score (nSPS) is 23.8. The molecule has 1 saturated heterocycles. The predicted molar refractivity (Wildman–Crippen MR) is 78.9 cm³/mol. The number of amides is 1. The maximum absolute atomic E-state index is 11.7. The van der Waals surface area contributed by atoms with Crippen molar-refractivity contribution in [2.75, 3.05) is 25.6 Å². The number of likely N-dealkylation sites (N-methyl/N-ethyl adjacent to an activating group) is 1. The molecule has 0 radical (unpaired) electrons. The van der Waals surface area contributed by atoms with Crippen LogP contribution in [0.2, 0.25) is 0 Å². The molecule has 0 aliphatic carbocycles. The minimum Gasteiger partial charge on any atom is -0.376 e. The SMILES string of the molecule is CNC(c1ccc2c(c1)CCC(=O)N2C)C1CCCO1. The second-order valence-electron chi connectivity index (χ2n) is 5.66. The molecule has 2 atom stereocenters. The van der Waals surface area contributed by atoms with Crippen molar-refractivity contribution >= 4 is 11.6 Å². The average molecular weight is 274 g/mol. The Hall–Kier alpha value is -1.39. The van der Waals surface area contributed by atoms with E-state index in [0.717, 1.165) is 31.6 Å². The number of hydrogen-bond donors (Lipinski definition) is 1. The Balaban J connectivity index is 1.89. The molecular weight excluding hydrogens is 252 g/mol. The number of carbonyl (C=O) groups excluding carboxylic acids is 1. The van der Waals surface area contributed by atoms with Crippen LogP contribution in [0.25, 0.3) is 0 Å². The zero-order chi connectivity index (χ0) is 14.1. The van der Waals surface area contributed by atoms with Crippen molar-refractivity contribution in [2.24, 2.45) is 0 Å². The van der Waals surface area contributed by atoms with Gasteiger partial charge in [-0.2, -0.15) is 0 Å². The first-order valence-corrected chi connectivity index (χ1v) is 7.39. The maximum atomic E-state index is 11.7. The van der Waals surface area contributed by atoms with Crippen LogP contribution in [0, 0.1) is 0 Å². The second-order valence-corrected chi connectivity index (χ2v) is 5.66. The summed E-state index contributed by atoms with van der Waals surface area (Å²) in [6, 6.07) is 6.67. The van der Waals surface area contributed by atoms with Crippen molar-refractivity contribution in [1.29, 1.82) is 0 Å². The van der Waals surface area contributed by atoms with Gasteiger partial charge in [-0.15, -0.1) is 0 Å². The molecular formula is C16H22N2O2. The monoisotopic (exact) mass is 274 g/mol. The average Bonchev–Trinajstić information content (AvgIpc) is 2.98. The molecule has 1 N–H and O–H groups in total. The van der Waals surface area contributed by atoms with Gasteiger partial charge in [0.25, 0.3) is 0 Å². The highest BCUT2D eigenvalue weighted by atomic mass is 16.5. The molecule has 2 unspecified atom stereocenters. The molecule has 4 heteroatoms. The third-order valence-corrected chi connectivity index (χ3v) is 4.45. The van der Waals surface area contributed by atoms with E-state index < -0.39 is 0 Å². The van der Waals surface area contributed by atoms with Gasteiger partial charge in [0.05, 0.1) is 12.1 Å². The molecule has 1 fully saturated rings. The molecule has 3 rings (SSSR count). The highest BCUT2D eigenvalue weighted by molar-refractivity contribution is 5.95. The van der Waals surface area contributed by atoms with Crippen LogP contribution in [-0.2, 0) is 16.0 Å². The van der Waals surface area contributed by atoms with Crippen molar-refractivity contribution in [3.05, 3.63) is 29.3 Å². The summed E-state index contributed by atoms with van der Waals surface area (Å²) in [5.41, 5.74) is 3.58. The molecule has 2 heterocycles. The number of rotatable bonds is 3. The van der Waals surface area contributed by atoms with E-state index in [4.69, 9.17) is 4.74 Å². The van der Waals surface area contributed by atoms with E-state index in [1.165, 1.54) is 11.1 Å². The molecule has 1 aromatic carbocycles. The third kappa shape index (κ3) is 2.34. The Kier molecular flexibility index (Phi) is 3.76. The minimum atomic E-state index is 0.203. The molecule has 2 aliphatic rings. The van der Waals surface area contributed by atoms with Gasteiger partial charge in [0.15, 0.2) is 0 Å². The quantitative estimate of drug-likeness (QED) is 0.917. The van der Waals surface area contributed by atoms with Gasteiger partial charge < -0.3 is 15.0 Å². The van der Waals surface area contributed by atoms with Gasteiger partial charge in [-0.05, 0) is 43.5 Å². The molecule has 0 spiro atoms. The molecule has 1 amide bonds. The fourth-order valence-corrected chi connectivity index (χ4v) is 3.30. The van der Waals surface area contributed by atoms with Crippen molar-refractivity contribution < 1.29 is 9.53 Å². The number of anilines is 1. The molecule has 4 nitrogen and oxygen atoms in total. The summed E-state index contributed by atoms with van der Waals surface area (Å²) >= 11 is 0. The van der Waals surface area contributed by atoms with Crippen LogP contribution < -0.4 is 10.2 Å². The van der Waals surface area contributed by atoms with Gasteiger partial charge in [-0.25, -0.2) is 0 Å². The van der Waals surface area contributed by atoms with Crippen LogP contribution in [0.3, 0.4) is 0 Å². The number of carbonyl (C=O) groups is 1. The zero-order valence-corrected chi connectivity index (χ0v) is 12.2. The van der Waals surface area contributed by atoms with Gasteiger partial charge in [0, 0.05) is 25.8 Å². The molecule has 108 valence electrons. The molecule has 0 bridgehead atoms. The first-order chi connectivity index (χ1) is 9.70. The van der Waals surface area contributed by atoms with Gasteiger partial charge in [0.2, 0.25) is 5.91 Å². The lowest BCUT2D eigenvalue weighted by atomic mass is 9.93. The second kappa shape index (κ2) is 5.54. The number of ether oxygens (including phenoxy) is 1. The summed E-state index contributed by atoms with van der Waals surface area (Å²) in [4.78, 5) is 13.5. The van der Waals surface area contributed by atoms with Crippen LogP contribution >= 0.6 is 0 Å². The summed E-state index contributed by atoms with van der Waals surface area (Å²) in [5, 5.41) is 3.38. The lowest BCUT2D eigenvalue weighted by Crippen LogP contribution is -2.32. The number of fused-ring (bicyclic) bond motifs is 1. The first-order valence-electron chi connectivity index (χ1n) is 7.39. The summed E-state index contributed by atoms with van der Waals surface area (Å²) in [5.74, 6) is 0.203. The minimum absolute atomic E-state index is 0.203. The Morgan fingerprint density at radius 1 is 1.40 bits per heavy atom. The Morgan fingerprint density at radius 2 is 2.25 bits per heavy atom. The Labute approximate surface area is 120 Å². The van der Waals surface area contributed by atoms with Crippen molar-refractivity contribution in [3.8, 4) is 0 Å². The standard InChI is InChI=1S/C16H22N2O2/c1-17-16(14-4-3-9-20-14)12-5-7-13-11(10-12)6-8-15(19)18(13)2/h5,7,10,14,16-17H,3-4,6,8-9H2,1-2H3. The van der Waals surface area contributed by atoms with E-state index in [1.807, 2.05) is 14.1 Å². The number of aryl methyl sites for hydroxylation is 1. The van der Waals surface area contributed by atoms with E-state index >= 15 is 0 Å². The fourth-order valence-electron chi connectivity index (χ4n) is 3.30. The number of hydrogen-bond acceptors (Lipinski definition) is 3. The van der Waals surface area contributed by atoms with E-state index in [-0.39, 0.29) is 18.1 Å². The number of nitrogens with zero attached hydrogens (tertiary/aromatic N) is 1. The van der Waals surface area contributed by atoms with Crippen molar-refractivity contribution in [3.63, 3.8) is 0 Å². The van der Waals surface area contributed by atoms with Crippen LogP contribution in [0.4, 0.5) is 5.69 Å². The molecule has 1 aromatic rings. The van der Waals surface area contributed by atoms with Crippen molar-refractivity contribution in [1.82, 2.24) is 5.32 Å². The van der Waals surface area contributed by atoms with E-state index in [9.17, 15) is 4.79 Å². The zero-order valence-electron chi connectivity index (χ0n) is 12.2. The highest BCUT2D eigenvalue weighted by Gasteiger charge is 2.28. The molecule has 0 saturated carbocycles. The maximum Gasteiger partial charge on any atom is 0.227 e. The fraction of sp³-hybridized carbons (Fsp3) is 0.562. The molecule has 2 aliphatic heterocycles. The Morgan fingerprint density at radius 3 is 2.95 bits per heavy atom. The summed E-state index contributed by atoms with van der Waals surface area (Å²) in [7, 11) is 3.84. The van der Waals surface area contributed by atoms with E-state index in [2.05, 4.69) is 23.5 Å². The molecule has 0 aromatic heterocycles. The smallest absolute Gasteiger partial charge is 0.227 e. The largest absolute Gasteiger partial charge is 0.376 e. The summed E-state index contributed by atoms with van der Waals surface area (Å²) in [6.07, 6.45) is 3.97. The van der Waals surface area contributed by atoms with E-state index in [1.54, 1.807) is 4.90 Å². The highest BCUT2D eigenvalue weighted by Crippen LogP contribution is 2.32. The van der Waals surface area contributed by atoms with E-state index in [0.29, 0.717) is 6.42 Å². The van der Waals surface area contributed by atoms with Gasteiger partial charge in [-0.3, -0.25) is 4.79 Å². The Bertz CT molecular complexity index is 509.